The van der Waals surface area contributed by atoms with E-state index in [-0.39, 0.29) is 17.7 Å². The molecule has 0 spiro atoms. The average Bonchev–Trinajstić information content (AvgIpc) is 3.59. The minimum absolute atomic E-state index is 0.163. The minimum atomic E-state index is -0.527. The predicted octanol–water partition coefficient (Wildman–Crippen LogP) is 0.833. The van der Waals surface area contributed by atoms with Gasteiger partial charge in [-0.15, -0.1) is 0 Å². The highest BCUT2D eigenvalue weighted by Gasteiger charge is 2.34. The molecule has 3 N–H and O–H groups in total. The molecule has 2 saturated heterocycles. The number of nitrogens with two attached hydrogens (primary N) is 1. The normalized spacial score (nSPS) is 22.0. The van der Waals surface area contributed by atoms with Crippen molar-refractivity contribution in [2.24, 2.45) is 17.6 Å². The first-order valence-corrected chi connectivity index (χ1v) is 10.3. The van der Waals surface area contributed by atoms with Gasteiger partial charge >= 0.3 is 0 Å². The van der Waals surface area contributed by atoms with Crippen molar-refractivity contribution in [1.29, 1.82) is 0 Å². The van der Waals surface area contributed by atoms with Crippen LogP contribution < -0.4 is 16.0 Å². The number of carbonyl (C=O) groups excluding carboxylic acids is 2. The number of ether oxygens (including phenoxy) is 1. The van der Waals surface area contributed by atoms with Crippen LogP contribution in [0, 0.1) is 11.8 Å². The van der Waals surface area contributed by atoms with Crippen molar-refractivity contribution in [3.05, 3.63) is 18.3 Å². The van der Waals surface area contributed by atoms with Gasteiger partial charge in [-0.2, -0.15) is 0 Å². The van der Waals surface area contributed by atoms with E-state index in [1.807, 2.05) is 17.0 Å². The molecule has 0 aromatic carbocycles. The van der Waals surface area contributed by atoms with Crippen molar-refractivity contribution >= 4 is 23.3 Å². The largest absolute Gasteiger partial charge is 0.381 e. The Kier molecular flexibility index (Phi) is 5.77. The van der Waals surface area contributed by atoms with Crippen molar-refractivity contribution in [1.82, 2.24) is 9.88 Å². The van der Waals surface area contributed by atoms with E-state index in [4.69, 9.17) is 10.5 Å². The quantitative estimate of drug-likeness (QED) is 0.776. The Morgan fingerprint density at radius 3 is 2.43 bits per heavy atom. The van der Waals surface area contributed by atoms with E-state index in [0.29, 0.717) is 24.8 Å². The van der Waals surface area contributed by atoms with Crippen LogP contribution in [0.2, 0.25) is 0 Å². The number of anilines is 2. The Bertz CT molecular complexity index is 692. The van der Waals surface area contributed by atoms with Crippen molar-refractivity contribution in [3.63, 3.8) is 0 Å². The lowest BCUT2D eigenvalue weighted by atomic mass is 9.92. The van der Waals surface area contributed by atoms with Crippen molar-refractivity contribution in [2.75, 3.05) is 49.6 Å². The number of nitrogens with zero attached hydrogens (tertiary/aromatic N) is 3. The third kappa shape index (κ3) is 4.44. The van der Waals surface area contributed by atoms with Crippen LogP contribution in [-0.2, 0) is 14.3 Å². The molecule has 3 aliphatic rings. The number of piperazine rings is 1. The summed E-state index contributed by atoms with van der Waals surface area (Å²) in [7, 11) is 0. The van der Waals surface area contributed by atoms with Crippen molar-refractivity contribution < 1.29 is 14.3 Å². The van der Waals surface area contributed by atoms with Crippen LogP contribution in [0.25, 0.3) is 0 Å². The summed E-state index contributed by atoms with van der Waals surface area (Å²) in [5.74, 6) is 1.45. The summed E-state index contributed by atoms with van der Waals surface area (Å²) in [4.78, 5) is 33.2. The Hall–Kier alpha value is -2.19. The molecule has 1 unspecified atom stereocenters. The molecule has 1 saturated carbocycles. The highest BCUT2D eigenvalue weighted by atomic mass is 16.5. The van der Waals surface area contributed by atoms with Gasteiger partial charge in [0, 0.05) is 45.3 Å². The highest BCUT2D eigenvalue weighted by molar-refractivity contribution is 5.94. The van der Waals surface area contributed by atoms with E-state index in [9.17, 15) is 9.59 Å². The lowest BCUT2D eigenvalue weighted by Gasteiger charge is -2.35. The summed E-state index contributed by atoms with van der Waals surface area (Å²) in [6.45, 7) is 4.39. The van der Waals surface area contributed by atoms with E-state index in [0.717, 1.165) is 57.7 Å². The van der Waals surface area contributed by atoms with Crippen LogP contribution in [0.5, 0.6) is 0 Å². The number of amides is 2. The van der Waals surface area contributed by atoms with E-state index < -0.39 is 6.04 Å². The number of hydrogen-bond acceptors (Lipinski definition) is 6. The molecule has 2 amide bonds. The Balaban J connectivity index is 1.28. The maximum Gasteiger partial charge on any atom is 0.241 e. The second-order valence-corrected chi connectivity index (χ2v) is 7.96. The number of hydrogen-bond donors (Lipinski definition) is 2. The molecule has 1 aromatic rings. The van der Waals surface area contributed by atoms with Crippen molar-refractivity contribution in [3.8, 4) is 0 Å². The molecule has 4 rings (SSSR count). The molecule has 1 aliphatic carbocycles. The number of carbonyl (C=O) groups is 2. The molecule has 2 aliphatic heterocycles. The molecule has 3 heterocycles. The van der Waals surface area contributed by atoms with Crippen LogP contribution in [0.3, 0.4) is 0 Å². The molecule has 8 nitrogen and oxygen atoms in total. The fourth-order valence-corrected chi connectivity index (χ4v) is 3.91. The Morgan fingerprint density at radius 2 is 1.82 bits per heavy atom. The van der Waals surface area contributed by atoms with Gasteiger partial charge in [-0.3, -0.25) is 9.59 Å². The molecule has 0 bridgehead atoms. The van der Waals surface area contributed by atoms with Gasteiger partial charge in [0.2, 0.25) is 11.8 Å². The summed E-state index contributed by atoms with van der Waals surface area (Å²) in [5, 5.41) is 2.87. The lowest BCUT2D eigenvalue weighted by Crippen LogP contribution is -2.49. The summed E-state index contributed by atoms with van der Waals surface area (Å²) in [6, 6.07) is 3.24. The van der Waals surface area contributed by atoms with E-state index in [1.165, 1.54) is 0 Å². The monoisotopic (exact) mass is 387 g/mol. The smallest absolute Gasteiger partial charge is 0.241 e. The van der Waals surface area contributed by atoms with Gasteiger partial charge in [0.1, 0.15) is 5.82 Å². The molecule has 1 atom stereocenters. The van der Waals surface area contributed by atoms with Crippen LogP contribution >= 0.6 is 0 Å². The van der Waals surface area contributed by atoms with Gasteiger partial charge in [0.25, 0.3) is 0 Å². The van der Waals surface area contributed by atoms with Crippen LogP contribution in [0.4, 0.5) is 11.5 Å². The molecule has 8 heteroatoms. The number of rotatable bonds is 5. The molecule has 28 heavy (non-hydrogen) atoms. The minimum Gasteiger partial charge on any atom is -0.381 e. The molecule has 152 valence electrons. The lowest BCUT2D eigenvalue weighted by molar-refractivity contribution is -0.132. The van der Waals surface area contributed by atoms with Crippen molar-refractivity contribution in [2.45, 2.75) is 31.7 Å². The average molecular weight is 387 g/mol. The van der Waals surface area contributed by atoms with Crippen LogP contribution in [0.15, 0.2) is 18.3 Å². The van der Waals surface area contributed by atoms with Gasteiger partial charge in [-0.25, -0.2) is 4.98 Å². The van der Waals surface area contributed by atoms with Crippen LogP contribution in [-0.4, -0.2) is 67.1 Å². The number of aromatic nitrogens is 1. The second-order valence-electron chi connectivity index (χ2n) is 7.96. The van der Waals surface area contributed by atoms with E-state index in [1.54, 1.807) is 6.20 Å². The Morgan fingerprint density at radius 1 is 1.11 bits per heavy atom. The fraction of sp³-hybridized carbons (Fsp3) is 0.650. The maximum atomic E-state index is 12.4. The van der Waals surface area contributed by atoms with E-state index >= 15 is 0 Å². The number of pyridine rings is 1. The third-order valence-corrected chi connectivity index (χ3v) is 5.93. The molecular formula is C20H29N5O3. The van der Waals surface area contributed by atoms with Crippen LogP contribution in [0.1, 0.15) is 25.7 Å². The zero-order valence-electron chi connectivity index (χ0n) is 16.2. The molecule has 3 fully saturated rings. The van der Waals surface area contributed by atoms with Gasteiger partial charge in [-0.1, -0.05) is 0 Å². The van der Waals surface area contributed by atoms with E-state index in [2.05, 4.69) is 15.2 Å². The summed E-state index contributed by atoms with van der Waals surface area (Å²) < 4.78 is 5.33. The van der Waals surface area contributed by atoms with Gasteiger partial charge in [0.05, 0.1) is 17.9 Å². The first kappa shape index (κ1) is 19.1. The summed E-state index contributed by atoms with van der Waals surface area (Å²) >= 11 is 0. The fourth-order valence-electron chi connectivity index (χ4n) is 3.91. The SMILES string of the molecule is NC(C(=O)Nc1ccc(N2CCN(C(=O)C3CC3)CC2)nc1)C1CCOCC1. The Labute approximate surface area is 165 Å². The van der Waals surface area contributed by atoms with Gasteiger partial charge in [0.15, 0.2) is 0 Å². The van der Waals surface area contributed by atoms with Gasteiger partial charge in [-0.05, 0) is 43.7 Å². The summed E-state index contributed by atoms with van der Waals surface area (Å²) in [6.07, 6.45) is 5.41. The first-order valence-electron chi connectivity index (χ1n) is 10.3. The maximum absolute atomic E-state index is 12.4. The molecular weight excluding hydrogens is 358 g/mol. The van der Waals surface area contributed by atoms with Gasteiger partial charge < -0.3 is 25.6 Å². The standard InChI is InChI=1S/C20H29N5O3/c21-18(14-5-11-28-12-6-14)19(26)23-16-3-4-17(22-13-16)24-7-9-25(10-8-24)20(27)15-1-2-15/h3-4,13-15,18H,1-2,5-12,21H2,(H,23,26). The first-order chi connectivity index (χ1) is 13.6. The third-order valence-electron chi connectivity index (χ3n) is 5.93. The predicted molar refractivity (Wildman–Crippen MR) is 106 cm³/mol. The topological polar surface area (TPSA) is 101 Å². The molecule has 0 radical (unpaired) electrons. The zero-order valence-corrected chi connectivity index (χ0v) is 16.2. The zero-order chi connectivity index (χ0) is 19.5. The molecule has 1 aromatic heterocycles. The highest BCUT2D eigenvalue weighted by Crippen LogP contribution is 2.31. The number of nitrogens with one attached hydrogen (secondary N) is 1. The second kappa shape index (κ2) is 8.45. The summed E-state index contributed by atoms with van der Waals surface area (Å²) in [5.41, 5.74) is 6.77.